The van der Waals surface area contributed by atoms with Crippen LogP contribution < -0.4 is 4.90 Å². The minimum atomic E-state index is -4.33. The quantitative estimate of drug-likeness (QED) is 0.636. The van der Waals surface area contributed by atoms with Gasteiger partial charge >= 0.3 is 6.18 Å². The van der Waals surface area contributed by atoms with Gasteiger partial charge in [0, 0.05) is 64.6 Å². The van der Waals surface area contributed by atoms with Crippen LogP contribution in [0.15, 0.2) is 48.5 Å². The second-order valence-corrected chi connectivity index (χ2v) is 8.59. The van der Waals surface area contributed by atoms with E-state index in [4.69, 9.17) is 0 Å². The number of amides is 1. The minimum absolute atomic E-state index is 0.0973. The zero-order valence-corrected chi connectivity index (χ0v) is 18.4. The molecule has 2 heterocycles. The Morgan fingerprint density at radius 2 is 1.45 bits per heavy atom. The van der Waals surface area contributed by atoms with Crippen molar-refractivity contribution < 1.29 is 22.4 Å². The molecule has 0 bridgehead atoms. The third kappa shape index (κ3) is 6.23. The van der Waals surface area contributed by atoms with Crippen molar-refractivity contribution in [3.05, 3.63) is 65.5 Å². The Kier molecular flexibility index (Phi) is 7.19. The number of halogens is 4. The van der Waals surface area contributed by atoms with Gasteiger partial charge in [0.1, 0.15) is 5.82 Å². The lowest BCUT2D eigenvalue weighted by Gasteiger charge is -2.38. The fourth-order valence-electron chi connectivity index (χ4n) is 4.37. The smallest absolute Gasteiger partial charge is 0.368 e. The van der Waals surface area contributed by atoms with E-state index in [2.05, 4.69) is 14.7 Å². The molecule has 4 rings (SSSR count). The maximum Gasteiger partial charge on any atom is 0.416 e. The second-order valence-electron chi connectivity index (χ2n) is 8.59. The van der Waals surface area contributed by atoms with Crippen molar-refractivity contribution in [1.82, 2.24) is 14.7 Å². The highest BCUT2D eigenvalue weighted by Crippen LogP contribution is 2.29. The molecule has 0 saturated carbocycles. The molecule has 0 aromatic heterocycles. The average molecular weight is 465 g/mol. The van der Waals surface area contributed by atoms with E-state index in [1.807, 2.05) is 4.90 Å². The largest absolute Gasteiger partial charge is 0.416 e. The van der Waals surface area contributed by atoms with Crippen molar-refractivity contribution in [1.29, 1.82) is 0 Å². The molecule has 2 aliphatic rings. The average Bonchev–Trinajstić information content (AvgIpc) is 2.81. The molecule has 5 nitrogen and oxygen atoms in total. The van der Waals surface area contributed by atoms with Crippen LogP contribution in [0.4, 0.5) is 23.2 Å². The standard InChI is InChI=1S/C24H28F4N4O/c25-21-4-6-22(7-5-21)31-12-14-32(15-13-31)23(33)18-30-10-8-29(9-11-30)17-19-2-1-3-20(16-19)24(26,27)28/h1-7,16H,8-15,17-18H2. The van der Waals surface area contributed by atoms with Gasteiger partial charge in [0.2, 0.25) is 5.91 Å². The number of rotatable bonds is 5. The summed E-state index contributed by atoms with van der Waals surface area (Å²) in [4.78, 5) is 21.0. The van der Waals surface area contributed by atoms with E-state index in [0.717, 1.165) is 11.8 Å². The summed E-state index contributed by atoms with van der Waals surface area (Å²) in [6.45, 7) is 6.34. The highest BCUT2D eigenvalue weighted by atomic mass is 19.4. The Bertz CT molecular complexity index is 934. The van der Waals surface area contributed by atoms with Crippen LogP contribution in [0.3, 0.4) is 0 Å². The lowest BCUT2D eigenvalue weighted by Crippen LogP contribution is -2.53. The van der Waals surface area contributed by atoms with Crippen molar-refractivity contribution in [3.8, 4) is 0 Å². The van der Waals surface area contributed by atoms with E-state index < -0.39 is 11.7 Å². The summed E-state index contributed by atoms with van der Waals surface area (Å²) in [7, 11) is 0. The molecular formula is C24H28F4N4O. The van der Waals surface area contributed by atoms with Gasteiger partial charge in [-0.05, 0) is 35.9 Å². The molecule has 9 heteroatoms. The number of benzene rings is 2. The molecule has 0 atom stereocenters. The molecule has 0 N–H and O–H groups in total. The zero-order valence-electron chi connectivity index (χ0n) is 18.4. The first-order valence-electron chi connectivity index (χ1n) is 11.2. The number of piperazine rings is 2. The topological polar surface area (TPSA) is 30.0 Å². The number of carbonyl (C=O) groups excluding carboxylic acids is 1. The number of carbonyl (C=O) groups is 1. The van der Waals surface area contributed by atoms with Crippen LogP contribution in [-0.4, -0.2) is 79.5 Å². The van der Waals surface area contributed by atoms with Gasteiger partial charge in [-0.2, -0.15) is 13.2 Å². The van der Waals surface area contributed by atoms with Crippen LogP contribution in [0.1, 0.15) is 11.1 Å². The van der Waals surface area contributed by atoms with Crippen LogP contribution in [0.2, 0.25) is 0 Å². The maximum atomic E-state index is 13.1. The molecule has 0 aliphatic carbocycles. The van der Waals surface area contributed by atoms with Crippen molar-refractivity contribution in [2.24, 2.45) is 0 Å². The summed E-state index contributed by atoms with van der Waals surface area (Å²) in [6.07, 6.45) is -4.33. The highest BCUT2D eigenvalue weighted by molar-refractivity contribution is 5.78. The third-order valence-electron chi connectivity index (χ3n) is 6.31. The van der Waals surface area contributed by atoms with Gasteiger partial charge in [-0.25, -0.2) is 4.39 Å². The molecule has 2 aliphatic heterocycles. The molecule has 0 spiro atoms. The molecule has 2 aromatic rings. The molecule has 0 radical (unpaired) electrons. The summed E-state index contributed by atoms with van der Waals surface area (Å²) in [5.74, 6) is -0.164. The van der Waals surface area contributed by atoms with Gasteiger partial charge < -0.3 is 9.80 Å². The Morgan fingerprint density at radius 1 is 0.818 bits per heavy atom. The van der Waals surface area contributed by atoms with Crippen molar-refractivity contribution in [3.63, 3.8) is 0 Å². The predicted molar refractivity (Wildman–Crippen MR) is 118 cm³/mol. The third-order valence-corrected chi connectivity index (χ3v) is 6.31. The van der Waals surface area contributed by atoms with E-state index in [9.17, 15) is 22.4 Å². The van der Waals surface area contributed by atoms with Gasteiger partial charge in [-0.3, -0.25) is 14.6 Å². The van der Waals surface area contributed by atoms with Crippen molar-refractivity contribution in [2.75, 3.05) is 63.8 Å². The molecule has 2 aromatic carbocycles. The van der Waals surface area contributed by atoms with Crippen LogP contribution in [-0.2, 0) is 17.5 Å². The summed E-state index contributed by atoms with van der Waals surface area (Å²) in [5.41, 5.74) is 0.984. The summed E-state index contributed by atoms with van der Waals surface area (Å²) < 4.78 is 51.9. The van der Waals surface area contributed by atoms with Gasteiger partial charge in [0.05, 0.1) is 12.1 Å². The summed E-state index contributed by atoms with van der Waals surface area (Å²) in [6, 6.07) is 11.9. The van der Waals surface area contributed by atoms with Gasteiger partial charge in [0.15, 0.2) is 0 Å². The molecule has 2 fully saturated rings. The van der Waals surface area contributed by atoms with Crippen molar-refractivity contribution in [2.45, 2.75) is 12.7 Å². The maximum absolute atomic E-state index is 13.1. The van der Waals surface area contributed by atoms with E-state index >= 15 is 0 Å². The normalized spacial score (nSPS) is 18.5. The van der Waals surface area contributed by atoms with Crippen LogP contribution in [0.25, 0.3) is 0 Å². The zero-order chi connectivity index (χ0) is 23.4. The van der Waals surface area contributed by atoms with Gasteiger partial charge in [-0.15, -0.1) is 0 Å². The van der Waals surface area contributed by atoms with E-state index in [1.54, 1.807) is 18.2 Å². The first-order chi connectivity index (χ1) is 15.8. The second kappa shape index (κ2) is 10.1. The Balaban J connectivity index is 1.20. The monoisotopic (exact) mass is 464 g/mol. The molecule has 178 valence electrons. The fraction of sp³-hybridized carbons (Fsp3) is 0.458. The van der Waals surface area contributed by atoms with Gasteiger partial charge in [-0.1, -0.05) is 18.2 Å². The molecule has 0 unspecified atom stereocenters. The number of hydrogen-bond donors (Lipinski definition) is 0. The number of alkyl halides is 3. The SMILES string of the molecule is O=C(CN1CCN(Cc2cccc(C(F)(F)F)c2)CC1)N1CCN(c2ccc(F)cc2)CC1. The minimum Gasteiger partial charge on any atom is -0.368 e. The first-order valence-corrected chi connectivity index (χ1v) is 11.2. The van der Waals surface area contributed by atoms with Gasteiger partial charge in [0.25, 0.3) is 0 Å². The van der Waals surface area contributed by atoms with E-state index in [1.165, 1.54) is 24.3 Å². The molecule has 1 amide bonds. The lowest BCUT2D eigenvalue weighted by molar-refractivity contribution is -0.137. The predicted octanol–water partition coefficient (Wildman–Crippen LogP) is 3.31. The van der Waals surface area contributed by atoms with E-state index in [-0.39, 0.29) is 11.7 Å². The molecule has 33 heavy (non-hydrogen) atoms. The summed E-state index contributed by atoms with van der Waals surface area (Å²) in [5, 5.41) is 0. The Hall–Kier alpha value is -2.65. The number of nitrogens with zero attached hydrogens (tertiary/aromatic N) is 4. The Morgan fingerprint density at radius 3 is 2.09 bits per heavy atom. The molecule has 2 saturated heterocycles. The number of hydrogen-bond acceptors (Lipinski definition) is 4. The highest BCUT2D eigenvalue weighted by Gasteiger charge is 2.30. The number of anilines is 1. The summed E-state index contributed by atoms with van der Waals surface area (Å²) >= 11 is 0. The Labute approximate surface area is 191 Å². The van der Waals surface area contributed by atoms with Crippen LogP contribution >= 0.6 is 0 Å². The van der Waals surface area contributed by atoms with E-state index in [0.29, 0.717) is 71.0 Å². The van der Waals surface area contributed by atoms with Crippen molar-refractivity contribution >= 4 is 11.6 Å². The van der Waals surface area contributed by atoms with Crippen LogP contribution in [0, 0.1) is 5.82 Å². The lowest BCUT2D eigenvalue weighted by atomic mass is 10.1. The van der Waals surface area contributed by atoms with Crippen LogP contribution in [0.5, 0.6) is 0 Å². The fourth-order valence-corrected chi connectivity index (χ4v) is 4.37. The first kappa shape index (κ1) is 23.5. The molecular weight excluding hydrogens is 436 g/mol.